The fourth-order valence-corrected chi connectivity index (χ4v) is 6.31. The van der Waals surface area contributed by atoms with Crippen molar-refractivity contribution in [2.24, 2.45) is 11.8 Å². The molecule has 0 atom stereocenters. The average molecular weight is 525 g/mol. The number of hydrogen-bond donors (Lipinski definition) is 1. The number of methoxy groups -OCH3 is 1. The molecule has 0 spiro atoms. The smallest absolute Gasteiger partial charge is 0.350 e. The molecule has 1 saturated carbocycles. The summed E-state index contributed by atoms with van der Waals surface area (Å²) in [6.45, 7) is 6.19. The lowest BCUT2D eigenvalue weighted by molar-refractivity contribution is -0.123. The highest BCUT2D eigenvalue weighted by Gasteiger charge is 2.33. The van der Waals surface area contributed by atoms with Gasteiger partial charge in [-0.2, -0.15) is 0 Å². The highest BCUT2D eigenvalue weighted by atomic mass is 32.1. The summed E-state index contributed by atoms with van der Waals surface area (Å²) in [5.41, 5.74) is 2.19. The van der Waals surface area contributed by atoms with Crippen molar-refractivity contribution in [2.45, 2.75) is 52.5 Å². The standard InChI is InChI=1S/C28H32N2O4S2/c1-17(2)30(27(32)20-9-7-18(3)8-10-20)22-16-24(36-25(22)28(33)34-4)19-11-13-21(14-12-19)29-26(31)23-6-5-15-35-23/h5-6,11-18,20H,7-10H2,1-4H3,(H,29,31). The summed E-state index contributed by atoms with van der Waals surface area (Å²) in [6, 6.07) is 12.9. The molecule has 4 rings (SSSR count). The van der Waals surface area contributed by atoms with Crippen LogP contribution in [0, 0.1) is 11.8 Å². The first-order chi connectivity index (χ1) is 17.3. The van der Waals surface area contributed by atoms with Crippen molar-refractivity contribution in [1.29, 1.82) is 0 Å². The van der Waals surface area contributed by atoms with Crippen molar-refractivity contribution in [1.82, 2.24) is 0 Å². The Morgan fingerprint density at radius 1 is 1.06 bits per heavy atom. The van der Waals surface area contributed by atoms with Gasteiger partial charge in [0, 0.05) is 22.5 Å². The molecule has 1 N–H and O–H groups in total. The van der Waals surface area contributed by atoms with Gasteiger partial charge < -0.3 is 15.0 Å². The molecule has 3 aromatic rings. The predicted octanol–water partition coefficient (Wildman–Crippen LogP) is 7.08. The van der Waals surface area contributed by atoms with Crippen LogP contribution in [0.3, 0.4) is 0 Å². The lowest BCUT2D eigenvalue weighted by Crippen LogP contribution is -2.42. The molecule has 1 aromatic carbocycles. The zero-order valence-corrected chi connectivity index (χ0v) is 22.7. The third-order valence-corrected chi connectivity index (χ3v) is 8.66. The van der Waals surface area contributed by atoms with Gasteiger partial charge in [0.2, 0.25) is 5.91 Å². The van der Waals surface area contributed by atoms with E-state index in [-0.39, 0.29) is 23.8 Å². The first-order valence-corrected chi connectivity index (χ1v) is 14.0. The van der Waals surface area contributed by atoms with Crippen LogP contribution in [0.25, 0.3) is 10.4 Å². The molecule has 0 saturated heterocycles. The maximum Gasteiger partial charge on any atom is 0.350 e. The number of thiophene rings is 2. The number of nitrogens with zero attached hydrogens (tertiary/aromatic N) is 1. The van der Waals surface area contributed by atoms with Crippen LogP contribution in [0.4, 0.5) is 11.4 Å². The molecule has 0 bridgehead atoms. The summed E-state index contributed by atoms with van der Waals surface area (Å²) >= 11 is 2.71. The number of amides is 2. The molecule has 1 aliphatic rings. The number of rotatable bonds is 7. The molecule has 6 nitrogen and oxygen atoms in total. The van der Waals surface area contributed by atoms with Gasteiger partial charge in [-0.1, -0.05) is 25.1 Å². The van der Waals surface area contributed by atoms with Gasteiger partial charge in [0.25, 0.3) is 5.91 Å². The maximum atomic E-state index is 13.6. The van der Waals surface area contributed by atoms with Crippen LogP contribution in [0.15, 0.2) is 47.8 Å². The molecule has 0 unspecified atom stereocenters. The molecule has 2 amide bonds. The van der Waals surface area contributed by atoms with E-state index >= 15 is 0 Å². The summed E-state index contributed by atoms with van der Waals surface area (Å²) < 4.78 is 5.08. The van der Waals surface area contributed by atoms with Gasteiger partial charge >= 0.3 is 5.97 Å². The zero-order valence-electron chi connectivity index (χ0n) is 21.1. The second kappa shape index (κ2) is 11.4. The fraction of sp³-hybridized carbons (Fsp3) is 0.393. The van der Waals surface area contributed by atoms with E-state index in [0.29, 0.717) is 27.0 Å². The van der Waals surface area contributed by atoms with E-state index in [1.54, 1.807) is 11.0 Å². The van der Waals surface area contributed by atoms with E-state index in [1.807, 2.05) is 55.6 Å². The monoisotopic (exact) mass is 524 g/mol. The van der Waals surface area contributed by atoms with Crippen LogP contribution in [0.1, 0.15) is 65.8 Å². The number of hydrogen-bond acceptors (Lipinski definition) is 6. The van der Waals surface area contributed by atoms with Crippen molar-refractivity contribution in [3.8, 4) is 10.4 Å². The largest absolute Gasteiger partial charge is 0.465 e. The van der Waals surface area contributed by atoms with E-state index in [9.17, 15) is 14.4 Å². The lowest BCUT2D eigenvalue weighted by atomic mass is 9.82. The molecular formula is C28H32N2O4S2. The first-order valence-electron chi connectivity index (χ1n) is 12.3. The molecule has 2 aromatic heterocycles. The first kappa shape index (κ1) is 26.1. The number of anilines is 2. The summed E-state index contributed by atoms with van der Waals surface area (Å²) in [6.07, 6.45) is 3.87. The van der Waals surface area contributed by atoms with E-state index in [1.165, 1.54) is 29.8 Å². The Balaban J connectivity index is 1.61. The SMILES string of the molecule is COC(=O)c1sc(-c2ccc(NC(=O)c3cccs3)cc2)cc1N(C(=O)C1CCC(C)CC1)C(C)C. The Morgan fingerprint density at radius 3 is 2.33 bits per heavy atom. The van der Waals surface area contributed by atoms with E-state index < -0.39 is 5.97 Å². The Bertz CT molecular complexity index is 1210. The molecule has 1 aliphatic carbocycles. The maximum absolute atomic E-state index is 13.6. The van der Waals surface area contributed by atoms with Gasteiger partial charge in [-0.3, -0.25) is 9.59 Å². The van der Waals surface area contributed by atoms with Gasteiger partial charge in [-0.05, 0) is 80.7 Å². The van der Waals surface area contributed by atoms with Crippen molar-refractivity contribution >= 4 is 51.8 Å². The summed E-state index contributed by atoms with van der Waals surface area (Å²) in [5, 5.41) is 4.77. The molecule has 190 valence electrons. The number of benzene rings is 1. The van der Waals surface area contributed by atoms with E-state index in [2.05, 4.69) is 12.2 Å². The number of ether oxygens (including phenoxy) is 1. The quantitative estimate of drug-likeness (QED) is 0.335. The minimum absolute atomic E-state index is 0.0244. The van der Waals surface area contributed by atoms with E-state index in [4.69, 9.17) is 4.74 Å². The second-order valence-electron chi connectivity index (χ2n) is 9.58. The van der Waals surface area contributed by atoms with Crippen molar-refractivity contribution in [3.05, 3.63) is 57.6 Å². The second-order valence-corrected chi connectivity index (χ2v) is 11.6. The minimum Gasteiger partial charge on any atom is -0.465 e. The highest BCUT2D eigenvalue weighted by Crippen LogP contribution is 2.40. The fourth-order valence-electron chi connectivity index (χ4n) is 4.61. The summed E-state index contributed by atoms with van der Waals surface area (Å²) in [5.74, 6) is 0.115. The predicted molar refractivity (Wildman–Crippen MR) is 147 cm³/mol. The number of nitrogens with one attached hydrogen (secondary N) is 1. The number of carbonyl (C=O) groups excluding carboxylic acids is 3. The van der Waals surface area contributed by atoms with Gasteiger partial charge in [0.05, 0.1) is 17.7 Å². The molecule has 8 heteroatoms. The van der Waals surface area contributed by atoms with Crippen molar-refractivity contribution < 1.29 is 19.1 Å². The van der Waals surface area contributed by atoms with Crippen molar-refractivity contribution in [3.63, 3.8) is 0 Å². The molecular weight excluding hydrogens is 492 g/mol. The van der Waals surface area contributed by atoms with Crippen LogP contribution in [-0.4, -0.2) is 30.9 Å². The van der Waals surface area contributed by atoms with Crippen molar-refractivity contribution in [2.75, 3.05) is 17.3 Å². The zero-order chi connectivity index (χ0) is 25.8. The minimum atomic E-state index is -0.447. The molecule has 36 heavy (non-hydrogen) atoms. The molecule has 1 fully saturated rings. The highest BCUT2D eigenvalue weighted by molar-refractivity contribution is 7.18. The lowest BCUT2D eigenvalue weighted by Gasteiger charge is -2.33. The third-order valence-electron chi connectivity index (χ3n) is 6.63. The average Bonchev–Trinajstić information content (AvgIpc) is 3.55. The van der Waals surface area contributed by atoms with Gasteiger partial charge in [0.1, 0.15) is 4.88 Å². The summed E-state index contributed by atoms with van der Waals surface area (Å²) in [4.78, 5) is 42.4. The number of carbonyl (C=O) groups is 3. The molecule has 2 heterocycles. The van der Waals surface area contributed by atoms with Crippen LogP contribution in [-0.2, 0) is 9.53 Å². The van der Waals surface area contributed by atoms with Gasteiger partial charge in [0.15, 0.2) is 0 Å². The third kappa shape index (κ3) is 5.71. The van der Waals surface area contributed by atoms with Crippen LogP contribution in [0.5, 0.6) is 0 Å². The Hall–Kier alpha value is -2.97. The van der Waals surface area contributed by atoms with Crippen LogP contribution >= 0.6 is 22.7 Å². The molecule has 0 radical (unpaired) electrons. The van der Waals surface area contributed by atoms with Crippen LogP contribution in [0.2, 0.25) is 0 Å². The Kier molecular flexibility index (Phi) is 8.26. The Morgan fingerprint density at radius 2 is 1.75 bits per heavy atom. The Labute approximate surface area is 220 Å². The number of esters is 1. The molecule has 0 aliphatic heterocycles. The van der Waals surface area contributed by atoms with Gasteiger partial charge in [-0.15, -0.1) is 22.7 Å². The van der Waals surface area contributed by atoms with E-state index in [0.717, 1.165) is 36.1 Å². The van der Waals surface area contributed by atoms with Crippen LogP contribution < -0.4 is 10.2 Å². The topological polar surface area (TPSA) is 75.7 Å². The normalized spacial score (nSPS) is 17.6. The summed E-state index contributed by atoms with van der Waals surface area (Å²) in [7, 11) is 1.36. The van der Waals surface area contributed by atoms with Gasteiger partial charge in [-0.25, -0.2) is 4.79 Å².